The molecule has 0 unspecified atom stereocenters. The molecule has 0 amide bonds. The van der Waals surface area contributed by atoms with Crippen molar-refractivity contribution in [2.75, 3.05) is 6.61 Å². The van der Waals surface area contributed by atoms with Gasteiger partial charge in [-0.3, -0.25) is 9.89 Å². The molecule has 0 saturated carbocycles. The molecule has 1 heterocycles. The zero-order valence-corrected chi connectivity index (χ0v) is 8.41. The Bertz CT molecular complexity index is 329. The van der Waals surface area contributed by atoms with Crippen LogP contribution in [0.5, 0.6) is 0 Å². The molecule has 1 aromatic rings. The fourth-order valence-electron chi connectivity index (χ4n) is 1.03. The van der Waals surface area contributed by atoms with E-state index in [2.05, 4.69) is 10.2 Å². The van der Waals surface area contributed by atoms with E-state index in [9.17, 15) is 4.79 Å². The van der Waals surface area contributed by atoms with Gasteiger partial charge in [0.15, 0.2) is 0 Å². The number of carbonyl (C=O) groups excluding carboxylic acids is 1. The zero-order valence-electron chi connectivity index (χ0n) is 8.41. The molecular weight excluding hydrogens is 180 g/mol. The van der Waals surface area contributed by atoms with Crippen LogP contribution in [0.1, 0.15) is 24.6 Å². The highest BCUT2D eigenvalue weighted by Gasteiger charge is 1.98. The van der Waals surface area contributed by atoms with Gasteiger partial charge in [-0.05, 0) is 13.8 Å². The molecule has 1 N–H and O–H groups in total. The predicted molar refractivity (Wildman–Crippen MR) is 53.6 cm³/mol. The summed E-state index contributed by atoms with van der Waals surface area (Å²) >= 11 is 0. The van der Waals surface area contributed by atoms with Crippen molar-refractivity contribution in [1.82, 2.24) is 10.2 Å². The van der Waals surface area contributed by atoms with E-state index in [1.54, 1.807) is 19.2 Å². The van der Waals surface area contributed by atoms with Gasteiger partial charge in [0.05, 0.1) is 19.2 Å². The maximum absolute atomic E-state index is 11.0. The summed E-state index contributed by atoms with van der Waals surface area (Å²) in [5, 5.41) is 6.68. The molecule has 0 spiro atoms. The van der Waals surface area contributed by atoms with E-state index in [-0.39, 0.29) is 5.97 Å². The molecule has 0 atom stereocenters. The first-order valence-corrected chi connectivity index (χ1v) is 4.56. The normalized spacial score (nSPS) is 10.7. The molecule has 0 fully saturated rings. The minimum atomic E-state index is -0.204. The van der Waals surface area contributed by atoms with Crippen LogP contribution in [0.4, 0.5) is 0 Å². The van der Waals surface area contributed by atoms with Crippen LogP contribution in [0.15, 0.2) is 12.3 Å². The van der Waals surface area contributed by atoms with E-state index in [1.165, 1.54) is 0 Å². The standard InChI is InChI=1S/C10H14N2O2/c1-3-14-10(13)6-4-5-9-7-11-12-8(9)2/h4-5,7H,3,6H2,1-2H3,(H,11,12). The first kappa shape index (κ1) is 10.5. The van der Waals surface area contributed by atoms with E-state index >= 15 is 0 Å². The largest absolute Gasteiger partial charge is 0.466 e. The quantitative estimate of drug-likeness (QED) is 0.742. The molecule has 0 aromatic carbocycles. The Morgan fingerprint density at radius 2 is 2.50 bits per heavy atom. The van der Waals surface area contributed by atoms with Crippen LogP contribution in [0.3, 0.4) is 0 Å². The molecule has 0 saturated heterocycles. The summed E-state index contributed by atoms with van der Waals surface area (Å²) in [6.07, 6.45) is 5.65. The average Bonchev–Trinajstić information content (AvgIpc) is 2.52. The third kappa shape index (κ3) is 3.05. The second-order valence-electron chi connectivity index (χ2n) is 2.86. The monoisotopic (exact) mass is 194 g/mol. The molecule has 0 aliphatic heterocycles. The lowest BCUT2D eigenvalue weighted by atomic mass is 10.2. The lowest BCUT2D eigenvalue weighted by Crippen LogP contribution is -2.01. The Hall–Kier alpha value is -1.58. The molecule has 4 nitrogen and oxygen atoms in total. The molecule has 1 rings (SSSR count). The lowest BCUT2D eigenvalue weighted by Gasteiger charge is -1.96. The Balaban J connectivity index is 2.42. The molecule has 76 valence electrons. The van der Waals surface area contributed by atoms with Crippen LogP contribution in [0.25, 0.3) is 6.08 Å². The van der Waals surface area contributed by atoms with E-state index < -0.39 is 0 Å². The first-order chi connectivity index (χ1) is 6.74. The number of aromatic nitrogens is 2. The molecule has 14 heavy (non-hydrogen) atoms. The Labute approximate surface area is 83.0 Å². The number of aryl methyl sites for hydroxylation is 1. The number of ether oxygens (including phenoxy) is 1. The second-order valence-corrected chi connectivity index (χ2v) is 2.86. The van der Waals surface area contributed by atoms with Gasteiger partial charge in [0, 0.05) is 11.3 Å². The Morgan fingerprint density at radius 1 is 1.71 bits per heavy atom. The summed E-state index contributed by atoms with van der Waals surface area (Å²) < 4.78 is 4.78. The van der Waals surface area contributed by atoms with Gasteiger partial charge in [-0.25, -0.2) is 0 Å². The molecule has 0 aliphatic carbocycles. The van der Waals surface area contributed by atoms with Crippen LogP contribution in [-0.4, -0.2) is 22.8 Å². The van der Waals surface area contributed by atoms with Crippen LogP contribution >= 0.6 is 0 Å². The van der Waals surface area contributed by atoms with Crippen molar-refractivity contribution in [1.29, 1.82) is 0 Å². The van der Waals surface area contributed by atoms with Crippen LogP contribution in [-0.2, 0) is 9.53 Å². The van der Waals surface area contributed by atoms with E-state index in [4.69, 9.17) is 4.74 Å². The molecule has 0 bridgehead atoms. The van der Waals surface area contributed by atoms with E-state index in [1.807, 2.05) is 13.0 Å². The van der Waals surface area contributed by atoms with Crippen molar-refractivity contribution < 1.29 is 9.53 Å². The maximum atomic E-state index is 11.0. The fourth-order valence-corrected chi connectivity index (χ4v) is 1.03. The molecule has 4 heteroatoms. The van der Waals surface area contributed by atoms with Crippen molar-refractivity contribution in [3.05, 3.63) is 23.5 Å². The minimum Gasteiger partial charge on any atom is -0.466 e. The van der Waals surface area contributed by atoms with E-state index in [0.29, 0.717) is 13.0 Å². The minimum absolute atomic E-state index is 0.204. The van der Waals surface area contributed by atoms with Gasteiger partial charge in [0.1, 0.15) is 0 Å². The summed E-state index contributed by atoms with van der Waals surface area (Å²) in [6, 6.07) is 0. The second kappa shape index (κ2) is 5.21. The summed E-state index contributed by atoms with van der Waals surface area (Å²) in [5.74, 6) is -0.204. The van der Waals surface area contributed by atoms with E-state index in [0.717, 1.165) is 11.3 Å². The average molecular weight is 194 g/mol. The zero-order chi connectivity index (χ0) is 10.4. The third-order valence-corrected chi connectivity index (χ3v) is 1.76. The molecule has 1 aromatic heterocycles. The number of aromatic amines is 1. The highest BCUT2D eigenvalue weighted by Crippen LogP contribution is 2.05. The smallest absolute Gasteiger partial charge is 0.309 e. The third-order valence-electron chi connectivity index (χ3n) is 1.76. The number of esters is 1. The van der Waals surface area contributed by atoms with Crippen molar-refractivity contribution in [2.24, 2.45) is 0 Å². The summed E-state index contributed by atoms with van der Waals surface area (Å²) in [5.41, 5.74) is 1.99. The topological polar surface area (TPSA) is 55.0 Å². The summed E-state index contributed by atoms with van der Waals surface area (Å²) in [4.78, 5) is 11.0. The number of rotatable bonds is 4. The summed E-state index contributed by atoms with van der Waals surface area (Å²) in [7, 11) is 0. The first-order valence-electron chi connectivity index (χ1n) is 4.56. The number of carbonyl (C=O) groups is 1. The van der Waals surface area contributed by atoms with Crippen molar-refractivity contribution in [3.8, 4) is 0 Å². The maximum Gasteiger partial charge on any atom is 0.309 e. The fraction of sp³-hybridized carbons (Fsp3) is 0.400. The number of hydrogen-bond acceptors (Lipinski definition) is 3. The number of hydrogen-bond donors (Lipinski definition) is 1. The number of nitrogens with one attached hydrogen (secondary N) is 1. The van der Waals surface area contributed by atoms with Crippen LogP contribution < -0.4 is 0 Å². The van der Waals surface area contributed by atoms with Crippen molar-refractivity contribution in [2.45, 2.75) is 20.3 Å². The van der Waals surface area contributed by atoms with Gasteiger partial charge in [-0.1, -0.05) is 12.2 Å². The van der Waals surface area contributed by atoms with Crippen molar-refractivity contribution in [3.63, 3.8) is 0 Å². The van der Waals surface area contributed by atoms with Gasteiger partial charge in [-0.2, -0.15) is 5.10 Å². The highest BCUT2D eigenvalue weighted by atomic mass is 16.5. The highest BCUT2D eigenvalue weighted by molar-refractivity contribution is 5.72. The Morgan fingerprint density at radius 3 is 3.07 bits per heavy atom. The van der Waals surface area contributed by atoms with Gasteiger partial charge < -0.3 is 4.74 Å². The van der Waals surface area contributed by atoms with Gasteiger partial charge in [0.2, 0.25) is 0 Å². The van der Waals surface area contributed by atoms with Crippen molar-refractivity contribution >= 4 is 12.0 Å². The van der Waals surface area contributed by atoms with Crippen LogP contribution in [0.2, 0.25) is 0 Å². The SMILES string of the molecule is CCOC(=O)CC=Cc1cn[nH]c1C. The van der Waals surface area contributed by atoms with Crippen LogP contribution in [0, 0.1) is 6.92 Å². The van der Waals surface area contributed by atoms with Gasteiger partial charge in [-0.15, -0.1) is 0 Å². The molecule has 0 radical (unpaired) electrons. The summed E-state index contributed by atoms with van der Waals surface area (Å²) in [6.45, 7) is 4.15. The molecule has 0 aliphatic rings. The lowest BCUT2D eigenvalue weighted by molar-refractivity contribution is -0.142. The number of H-pyrrole nitrogens is 1. The van der Waals surface area contributed by atoms with Gasteiger partial charge in [0.25, 0.3) is 0 Å². The number of nitrogens with zero attached hydrogens (tertiary/aromatic N) is 1. The van der Waals surface area contributed by atoms with Gasteiger partial charge >= 0.3 is 5.97 Å². The Kier molecular flexibility index (Phi) is 3.91. The molecular formula is C10H14N2O2. The predicted octanol–water partition coefficient (Wildman–Crippen LogP) is 1.68.